The highest BCUT2D eigenvalue weighted by atomic mass is 16.5. The quantitative estimate of drug-likeness (QED) is 0.505. The third-order valence-corrected chi connectivity index (χ3v) is 3.75. The van der Waals surface area contributed by atoms with E-state index in [9.17, 15) is 14.4 Å². The molecule has 1 N–H and O–H groups in total. The molecule has 0 atom stereocenters. The zero-order valence-electron chi connectivity index (χ0n) is 10.5. The number of rotatable bonds is 3. The first-order valence-corrected chi connectivity index (χ1v) is 6.13. The van der Waals surface area contributed by atoms with Crippen LogP contribution in [-0.2, 0) is 20.7 Å². The molecule has 2 aliphatic rings. The fraction of sp³-hybridized carbons (Fsp3) is 0.357. The number of anilines is 1. The number of benzene rings is 1. The van der Waals surface area contributed by atoms with Gasteiger partial charge in [-0.05, 0) is 36.6 Å². The second kappa shape index (κ2) is 3.91. The number of hydrogen-bond acceptors (Lipinski definition) is 4. The lowest BCUT2D eigenvalue weighted by Crippen LogP contribution is -2.27. The summed E-state index contributed by atoms with van der Waals surface area (Å²) in [5, 5.41) is 2.71. The highest BCUT2D eigenvalue weighted by molar-refractivity contribution is 6.15. The lowest BCUT2D eigenvalue weighted by molar-refractivity contribution is -0.145. The molecule has 0 bridgehead atoms. The Labute approximate surface area is 109 Å². The number of amides is 1. The Morgan fingerprint density at radius 1 is 1.32 bits per heavy atom. The molecule has 1 aliphatic heterocycles. The summed E-state index contributed by atoms with van der Waals surface area (Å²) in [5.41, 5.74) is 1.03. The predicted octanol–water partition coefficient (Wildman–Crippen LogP) is 1.32. The Morgan fingerprint density at radius 3 is 2.68 bits per heavy atom. The van der Waals surface area contributed by atoms with Gasteiger partial charge in [-0.3, -0.25) is 14.4 Å². The van der Waals surface area contributed by atoms with Gasteiger partial charge < -0.3 is 10.1 Å². The van der Waals surface area contributed by atoms with Crippen molar-refractivity contribution in [2.45, 2.75) is 19.3 Å². The zero-order chi connectivity index (χ0) is 13.6. The minimum Gasteiger partial charge on any atom is -0.468 e. The number of Topliss-reactive ketones (excluding diaryl/α,β-unsaturated/α-hetero) is 1. The third-order valence-electron chi connectivity index (χ3n) is 3.75. The van der Waals surface area contributed by atoms with Gasteiger partial charge in [0.1, 0.15) is 5.41 Å². The molecule has 0 spiro atoms. The summed E-state index contributed by atoms with van der Waals surface area (Å²) in [4.78, 5) is 35.4. The number of nitrogens with one attached hydrogen (secondary N) is 1. The molecule has 1 amide bonds. The summed E-state index contributed by atoms with van der Waals surface area (Å²) in [6.07, 6.45) is 1.35. The van der Waals surface area contributed by atoms with Gasteiger partial charge in [-0.25, -0.2) is 0 Å². The smallest absolute Gasteiger partial charge is 0.319 e. The minimum absolute atomic E-state index is 0.0753. The average molecular weight is 259 g/mol. The van der Waals surface area contributed by atoms with Crippen LogP contribution in [0, 0.1) is 5.41 Å². The number of ketones is 1. The predicted molar refractivity (Wildman–Crippen MR) is 66.8 cm³/mol. The first kappa shape index (κ1) is 11.9. The Bertz CT molecular complexity index is 601. The first-order chi connectivity index (χ1) is 9.06. The van der Waals surface area contributed by atoms with Crippen LogP contribution in [0.1, 0.15) is 28.8 Å². The molecule has 0 aromatic heterocycles. The second-order valence-electron chi connectivity index (χ2n) is 5.00. The van der Waals surface area contributed by atoms with Crippen molar-refractivity contribution in [3.63, 3.8) is 0 Å². The van der Waals surface area contributed by atoms with Crippen LogP contribution >= 0.6 is 0 Å². The number of hydrogen-bond donors (Lipinski definition) is 1. The highest BCUT2D eigenvalue weighted by Crippen LogP contribution is 2.49. The van der Waals surface area contributed by atoms with Gasteiger partial charge >= 0.3 is 5.97 Å². The van der Waals surface area contributed by atoms with E-state index in [1.54, 1.807) is 18.2 Å². The second-order valence-corrected chi connectivity index (χ2v) is 5.00. The van der Waals surface area contributed by atoms with Gasteiger partial charge in [-0.1, -0.05) is 0 Å². The molecule has 5 heteroatoms. The van der Waals surface area contributed by atoms with Crippen LogP contribution in [0.4, 0.5) is 5.69 Å². The van der Waals surface area contributed by atoms with Crippen molar-refractivity contribution in [1.29, 1.82) is 0 Å². The van der Waals surface area contributed by atoms with E-state index < -0.39 is 11.4 Å². The number of esters is 1. The lowest BCUT2D eigenvalue weighted by atomic mass is 9.93. The number of ether oxygens (including phenoxy) is 1. The lowest BCUT2D eigenvalue weighted by Gasteiger charge is -2.12. The maximum atomic E-state index is 12.4. The van der Waals surface area contributed by atoms with Crippen molar-refractivity contribution in [1.82, 2.24) is 0 Å². The van der Waals surface area contributed by atoms with Gasteiger partial charge in [0.05, 0.1) is 13.5 Å². The van der Waals surface area contributed by atoms with Gasteiger partial charge in [-0.2, -0.15) is 0 Å². The van der Waals surface area contributed by atoms with Crippen LogP contribution in [0.15, 0.2) is 18.2 Å². The van der Waals surface area contributed by atoms with E-state index in [4.69, 9.17) is 4.74 Å². The molecule has 3 rings (SSSR count). The molecular formula is C14H13NO4. The minimum atomic E-state index is -0.987. The summed E-state index contributed by atoms with van der Waals surface area (Å²) >= 11 is 0. The molecule has 0 unspecified atom stereocenters. The Hall–Kier alpha value is -2.17. The molecule has 1 heterocycles. The monoisotopic (exact) mass is 259 g/mol. The Morgan fingerprint density at radius 2 is 2.05 bits per heavy atom. The van der Waals surface area contributed by atoms with Gasteiger partial charge in [0.15, 0.2) is 5.78 Å². The topological polar surface area (TPSA) is 72.5 Å². The van der Waals surface area contributed by atoms with Gasteiger partial charge in [0.2, 0.25) is 5.91 Å². The van der Waals surface area contributed by atoms with E-state index in [0.29, 0.717) is 18.4 Å². The van der Waals surface area contributed by atoms with E-state index in [1.165, 1.54) is 7.11 Å². The van der Waals surface area contributed by atoms with Gasteiger partial charge in [-0.15, -0.1) is 0 Å². The van der Waals surface area contributed by atoms with E-state index in [2.05, 4.69) is 5.32 Å². The molecule has 1 aliphatic carbocycles. The standard InChI is InChI=1S/C14H13NO4/c1-19-13(18)14(4-5-14)12(17)8-2-3-10-9(6-8)7-11(16)15-10/h2-3,6H,4-5,7H2,1H3,(H,15,16). The molecule has 1 aromatic rings. The van der Waals surface area contributed by atoms with Crippen LogP contribution < -0.4 is 5.32 Å². The summed E-state index contributed by atoms with van der Waals surface area (Å²) in [5.74, 6) is -0.748. The molecule has 1 fully saturated rings. The summed E-state index contributed by atoms with van der Waals surface area (Å²) in [7, 11) is 1.29. The van der Waals surface area contributed by atoms with E-state index in [0.717, 1.165) is 11.3 Å². The molecular weight excluding hydrogens is 246 g/mol. The molecule has 1 aromatic carbocycles. The van der Waals surface area contributed by atoms with Crippen molar-refractivity contribution in [2.75, 3.05) is 12.4 Å². The Kier molecular flexibility index (Phi) is 2.45. The van der Waals surface area contributed by atoms with Crippen LogP contribution in [-0.4, -0.2) is 24.8 Å². The van der Waals surface area contributed by atoms with Crippen molar-refractivity contribution in [3.8, 4) is 0 Å². The van der Waals surface area contributed by atoms with E-state index in [1.807, 2.05) is 0 Å². The maximum Gasteiger partial charge on any atom is 0.319 e. The summed E-state index contributed by atoms with van der Waals surface area (Å²) in [6.45, 7) is 0. The van der Waals surface area contributed by atoms with Crippen molar-refractivity contribution >= 4 is 23.3 Å². The van der Waals surface area contributed by atoms with Crippen LogP contribution in [0.2, 0.25) is 0 Å². The van der Waals surface area contributed by atoms with Crippen LogP contribution in [0.25, 0.3) is 0 Å². The van der Waals surface area contributed by atoms with E-state index >= 15 is 0 Å². The fourth-order valence-electron chi connectivity index (χ4n) is 2.49. The maximum absolute atomic E-state index is 12.4. The number of methoxy groups -OCH3 is 1. The average Bonchev–Trinajstić information content (AvgIpc) is 3.13. The van der Waals surface area contributed by atoms with Gasteiger partial charge in [0, 0.05) is 11.3 Å². The number of fused-ring (bicyclic) bond motifs is 1. The largest absolute Gasteiger partial charge is 0.468 e. The number of carbonyl (C=O) groups is 3. The fourth-order valence-corrected chi connectivity index (χ4v) is 2.49. The van der Waals surface area contributed by atoms with Crippen molar-refractivity contribution in [2.24, 2.45) is 5.41 Å². The molecule has 1 saturated carbocycles. The highest BCUT2D eigenvalue weighted by Gasteiger charge is 2.57. The Balaban J connectivity index is 1.92. The van der Waals surface area contributed by atoms with E-state index in [-0.39, 0.29) is 18.1 Å². The number of carbonyl (C=O) groups excluding carboxylic acids is 3. The van der Waals surface area contributed by atoms with Crippen LogP contribution in [0.3, 0.4) is 0 Å². The van der Waals surface area contributed by atoms with Gasteiger partial charge in [0.25, 0.3) is 0 Å². The summed E-state index contributed by atoms with van der Waals surface area (Å²) in [6, 6.07) is 5.05. The van der Waals surface area contributed by atoms with Crippen LogP contribution in [0.5, 0.6) is 0 Å². The SMILES string of the molecule is COC(=O)C1(C(=O)c2ccc3c(c2)CC(=O)N3)CC1. The first-order valence-electron chi connectivity index (χ1n) is 6.13. The molecule has 5 nitrogen and oxygen atoms in total. The molecule has 19 heavy (non-hydrogen) atoms. The molecule has 0 radical (unpaired) electrons. The molecule has 98 valence electrons. The van der Waals surface area contributed by atoms with Crippen molar-refractivity contribution < 1.29 is 19.1 Å². The van der Waals surface area contributed by atoms with Crippen molar-refractivity contribution in [3.05, 3.63) is 29.3 Å². The normalized spacial score (nSPS) is 18.5. The summed E-state index contributed by atoms with van der Waals surface area (Å²) < 4.78 is 4.70. The third kappa shape index (κ3) is 1.73. The molecule has 0 saturated heterocycles. The zero-order valence-corrected chi connectivity index (χ0v) is 10.5.